The molecule has 4 aromatic carbocycles. The molecule has 316 valence electrons. The van der Waals surface area contributed by atoms with Gasteiger partial charge in [-0.05, 0) is 122 Å². The summed E-state index contributed by atoms with van der Waals surface area (Å²) in [7, 11) is 0. The number of aromatic nitrogens is 4. The number of thiazole rings is 1. The number of nitrogens with zero attached hydrogens (tertiary/aromatic N) is 5. The second-order valence-electron chi connectivity index (χ2n) is 17.3. The van der Waals surface area contributed by atoms with E-state index in [0.29, 0.717) is 0 Å². The zero-order chi connectivity index (χ0) is 44.0. The topological polar surface area (TPSA) is 46.8 Å². The molecule has 5 nitrogen and oxygen atoms in total. The molecule has 0 fully saturated rings. The molecule has 3 aromatic heterocycles. The van der Waals surface area contributed by atoms with Crippen LogP contribution in [0.4, 0.5) is 5.69 Å². The largest absolute Gasteiger partial charge is 0.310 e. The van der Waals surface area contributed by atoms with Gasteiger partial charge >= 0.3 is 0 Å². The highest BCUT2D eigenvalue weighted by Gasteiger charge is 2.37. The molecule has 0 saturated carbocycles. The average molecular weight is 852 g/mol. The Morgan fingerprint density at radius 2 is 1.66 bits per heavy atom. The minimum atomic E-state index is -0.297. The van der Waals surface area contributed by atoms with Crippen molar-refractivity contribution in [2.75, 3.05) is 4.90 Å². The van der Waals surface area contributed by atoms with Crippen LogP contribution in [0.15, 0.2) is 181 Å². The van der Waals surface area contributed by atoms with Crippen LogP contribution in [0.3, 0.4) is 0 Å². The molecule has 0 N–H and O–H groups in total. The molecule has 10 rings (SSSR count). The molecule has 0 bridgehead atoms. The van der Waals surface area contributed by atoms with E-state index in [9.17, 15) is 0 Å². The Bertz CT molecular complexity index is 3260. The normalized spacial score (nSPS) is 16.5. The molecule has 0 amide bonds. The molecule has 0 atom stereocenters. The number of allylic oxidation sites excluding steroid dienone is 15. The molecule has 0 radical (unpaired) electrons. The van der Waals surface area contributed by atoms with Crippen molar-refractivity contribution >= 4 is 60.2 Å². The quantitative estimate of drug-likeness (QED) is 0.129. The van der Waals surface area contributed by atoms with Gasteiger partial charge in [-0.2, -0.15) is 0 Å². The zero-order valence-corrected chi connectivity index (χ0v) is 38.2. The lowest BCUT2D eigenvalue weighted by Gasteiger charge is -2.43. The van der Waals surface area contributed by atoms with Gasteiger partial charge in [0, 0.05) is 44.8 Å². The summed E-state index contributed by atoms with van der Waals surface area (Å²) in [6.07, 6.45) is 31.3. The van der Waals surface area contributed by atoms with Crippen LogP contribution in [0.5, 0.6) is 0 Å². The summed E-state index contributed by atoms with van der Waals surface area (Å²) in [5.74, 6) is 1.61. The lowest BCUT2D eigenvalue weighted by molar-refractivity contribution is 0.619. The Hall–Kier alpha value is -6.89. The van der Waals surface area contributed by atoms with E-state index in [2.05, 4.69) is 202 Å². The molecular formula is C58H53N5S. The highest BCUT2D eigenvalue weighted by Crippen LogP contribution is 2.49. The summed E-state index contributed by atoms with van der Waals surface area (Å²) in [5, 5.41) is 3.40. The van der Waals surface area contributed by atoms with Crippen molar-refractivity contribution in [1.29, 1.82) is 0 Å². The molecule has 0 spiro atoms. The summed E-state index contributed by atoms with van der Waals surface area (Å²) >= 11 is 1.77. The first-order valence-electron chi connectivity index (χ1n) is 22.7. The van der Waals surface area contributed by atoms with Gasteiger partial charge in [0.05, 0.1) is 32.6 Å². The van der Waals surface area contributed by atoms with Crippen LogP contribution in [0, 0.1) is 0 Å². The van der Waals surface area contributed by atoms with Gasteiger partial charge in [-0.15, -0.1) is 11.3 Å². The molecule has 1 aliphatic heterocycles. The lowest BCUT2D eigenvalue weighted by Crippen LogP contribution is -2.35. The van der Waals surface area contributed by atoms with Gasteiger partial charge in [-0.1, -0.05) is 131 Å². The van der Waals surface area contributed by atoms with E-state index < -0.39 is 0 Å². The maximum absolute atomic E-state index is 5.39. The van der Waals surface area contributed by atoms with Crippen molar-refractivity contribution in [3.05, 3.63) is 198 Å². The molecule has 0 saturated heterocycles. The highest BCUT2D eigenvalue weighted by molar-refractivity contribution is 7.19. The summed E-state index contributed by atoms with van der Waals surface area (Å²) in [6.45, 7) is 15.4. The number of fused-ring (bicyclic) bond motifs is 5. The molecule has 4 heterocycles. The van der Waals surface area contributed by atoms with Crippen molar-refractivity contribution in [3.63, 3.8) is 0 Å². The number of benzene rings is 4. The molecular weight excluding hydrogens is 799 g/mol. The number of anilines is 1. The second kappa shape index (κ2) is 17.0. The monoisotopic (exact) mass is 851 g/mol. The first-order chi connectivity index (χ1) is 31.3. The fourth-order valence-corrected chi connectivity index (χ4v) is 10.7. The van der Waals surface area contributed by atoms with Crippen molar-refractivity contribution in [3.8, 4) is 28.2 Å². The third-order valence-corrected chi connectivity index (χ3v) is 13.9. The van der Waals surface area contributed by atoms with Crippen molar-refractivity contribution in [1.82, 2.24) is 19.5 Å². The summed E-state index contributed by atoms with van der Waals surface area (Å²) in [6, 6.07) is 31.2. The van der Waals surface area contributed by atoms with Crippen LogP contribution in [0.25, 0.3) is 71.4 Å². The van der Waals surface area contributed by atoms with Gasteiger partial charge in [0.15, 0.2) is 5.82 Å². The maximum atomic E-state index is 5.39. The minimum absolute atomic E-state index is 0.297. The second-order valence-corrected chi connectivity index (χ2v) is 18.3. The minimum Gasteiger partial charge on any atom is -0.310 e. The smallest absolute Gasteiger partial charge is 0.158 e. The van der Waals surface area contributed by atoms with Gasteiger partial charge in [0.25, 0.3) is 0 Å². The van der Waals surface area contributed by atoms with Crippen LogP contribution in [-0.2, 0) is 5.41 Å². The van der Waals surface area contributed by atoms with E-state index in [4.69, 9.17) is 15.0 Å². The molecule has 2 aliphatic carbocycles. The summed E-state index contributed by atoms with van der Waals surface area (Å²) in [5.41, 5.74) is 15.5. The number of hydrogen-bond acceptors (Lipinski definition) is 5. The first-order valence-corrected chi connectivity index (χ1v) is 23.5. The van der Waals surface area contributed by atoms with E-state index in [-0.39, 0.29) is 5.41 Å². The number of rotatable bonds is 10. The van der Waals surface area contributed by atoms with Crippen LogP contribution >= 0.6 is 11.3 Å². The standard InChI is InChI=1S/C58H53N5S/c1-7-20-43(21-8-2)62-51(22-9-3)46(10-4)58(5,6)47-34-42(30-32-52(47)62)41-29-31-50-44(33-41)45-35-54-49(60-57(64-54)40-27-18-13-19-28-40)36-53(45)63(50)55-37-48(38-23-14-11-15-24-38)59-56(61-55)39-25-16-12-17-26-39/h7,9-12,14-16,18,20-25,27-37H,4,8,13,17,19,26H2,1-3,5-6H3/b20-7-,22-9-,43-21+. The lowest BCUT2D eigenvalue weighted by atomic mass is 9.72. The van der Waals surface area contributed by atoms with Crippen molar-refractivity contribution < 1.29 is 0 Å². The van der Waals surface area contributed by atoms with Gasteiger partial charge in [-0.3, -0.25) is 4.57 Å². The van der Waals surface area contributed by atoms with Crippen LogP contribution in [0.1, 0.15) is 83.1 Å². The zero-order valence-electron chi connectivity index (χ0n) is 37.4. The van der Waals surface area contributed by atoms with Crippen LogP contribution in [-0.4, -0.2) is 19.5 Å². The van der Waals surface area contributed by atoms with E-state index >= 15 is 0 Å². The van der Waals surface area contributed by atoms with Gasteiger partial charge in [-0.25, -0.2) is 15.0 Å². The van der Waals surface area contributed by atoms with Crippen molar-refractivity contribution in [2.24, 2.45) is 0 Å². The van der Waals surface area contributed by atoms with E-state index in [1.807, 2.05) is 6.08 Å². The average Bonchev–Trinajstić information content (AvgIpc) is 3.89. The Labute approximate surface area is 380 Å². The maximum Gasteiger partial charge on any atom is 0.158 e. The molecule has 6 heteroatoms. The van der Waals surface area contributed by atoms with Crippen LogP contribution in [0.2, 0.25) is 0 Å². The van der Waals surface area contributed by atoms with E-state index in [1.165, 1.54) is 43.4 Å². The van der Waals surface area contributed by atoms with Crippen molar-refractivity contribution in [2.45, 2.75) is 72.1 Å². The van der Waals surface area contributed by atoms with Gasteiger partial charge in [0.2, 0.25) is 0 Å². The predicted octanol–water partition coefficient (Wildman–Crippen LogP) is 16.0. The fourth-order valence-electron chi connectivity index (χ4n) is 9.70. The Balaban J connectivity index is 1.20. The Morgan fingerprint density at radius 1 is 0.828 bits per heavy atom. The van der Waals surface area contributed by atoms with Gasteiger partial charge < -0.3 is 4.90 Å². The SMILES string of the molecule is C=CC1=C(/C=C\C)N(C(/C=C\C)=C/CC)c2ccc(-c3ccc4c(c3)c3cc5sc(C6=CCCC=C6)nc5cc3n4-c3cc(-c4ccccc4)nc(C4=CC=CCC4)n3)cc2C1(C)C. The Morgan fingerprint density at radius 3 is 2.41 bits per heavy atom. The van der Waals surface area contributed by atoms with E-state index in [1.54, 1.807) is 11.3 Å². The summed E-state index contributed by atoms with van der Waals surface area (Å²) < 4.78 is 3.51. The third-order valence-electron chi connectivity index (χ3n) is 12.8. The molecule has 7 aromatic rings. The van der Waals surface area contributed by atoms with Gasteiger partial charge in [0.1, 0.15) is 10.8 Å². The Kier molecular flexibility index (Phi) is 10.9. The first kappa shape index (κ1) is 41.1. The van der Waals surface area contributed by atoms with E-state index in [0.717, 1.165) is 99.1 Å². The molecule has 64 heavy (non-hydrogen) atoms. The third kappa shape index (κ3) is 7.16. The summed E-state index contributed by atoms with van der Waals surface area (Å²) in [4.78, 5) is 18.2. The van der Waals surface area contributed by atoms with Crippen LogP contribution < -0.4 is 4.90 Å². The number of hydrogen-bond donors (Lipinski definition) is 0. The highest BCUT2D eigenvalue weighted by atomic mass is 32.1. The fraction of sp³-hybridized carbons (Fsp3) is 0.190. The predicted molar refractivity (Wildman–Crippen MR) is 274 cm³/mol. The molecule has 0 unspecified atom stereocenters. The molecule has 3 aliphatic rings.